The second-order valence-electron chi connectivity index (χ2n) is 23.9. The fourth-order valence-electron chi connectivity index (χ4n) is 13.4. The lowest BCUT2D eigenvalue weighted by Crippen LogP contribution is -2.59. The number of aliphatic hydroxyl groups is 1. The van der Waals surface area contributed by atoms with Gasteiger partial charge in [-0.1, -0.05) is 105 Å². The van der Waals surface area contributed by atoms with Gasteiger partial charge in [-0.25, -0.2) is 0 Å². The third-order valence-corrected chi connectivity index (χ3v) is 18.4. The van der Waals surface area contributed by atoms with Crippen molar-refractivity contribution in [3.05, 3.63) is 128 Å². The summed E-state index contributed by atoms with van der Waals surface area (Å²) in [5.41, 5.74) is 1.24. The zero-order valence-electron chi connectivity index (χ0n) is 51.7. The van der Waals surface area contributed by atoms with E-state index in [9.17, 15) is 53.1 Å². The molecule has 4 heterocycles. The number of carbonyl (C=O) groups excluding carboxylic acids is 8. The van der Waals surface area contributed by atoms with E-state index in [1.165, 1.54) is 0 Å². The molecular weight excluding hydrogens is 1140 g/mol. The fourth-order valence-corrected chi connectivity index (χ4v) is 13.4. The molecule has 0 radical (unpaired) electrons. The van der Waals surface area contributed by atoms with Crippen molar-refractivity contribution >= 4 is 58.6 Å². The van der Waals surface area contributed by atoms with Gasteiger partial charge in [0.05, 0.1) is 18.1 Å². The fraction of sp³-hybridized carbons (Fsp3) is 0.545. The van der Waals surface area contributed by atoms with Crippen LogP contribution >= 0.6 is 0 Å². The first-order valence-corrected chi connectivity index (χ1v) is 31.9. The Balaban J connectivity index is 0.797. The van der Waals surface area contributed by atoms with Gasteiger partial charge in [0.2, 0.25) is 47.3 Å². The van der Waals surface area contributed by atoms with Crippen molar-refractivity contribution in [1.82, 2.24) is 52.3 Å². The Morgan fingerprint density at radius 1 is 0.528 bits per heavy atom. The summed E-state index contributed by atoms with van der Waals surface area (Å²) < 4.78 is 0. The van der Waals surface area contributed by atoms with Gasteiger partial charge in [-0.3, -0.25) is 47.9 Å². The number of fused-ring (bicyclic) bond motifs is 2. The summed E-state index contributed by atoms with van der Waals surface area (Å²) in [5.74, 6) is -3.75. The molecule has 4 aliphatic rings. The van der Waals surface area contributed by atoms with Crippen molar-refractivity contribution in [2.45, 2.75) is 171 Å². The lowest BCUT2D eigenvalue weighted by atomic mass is 9.90. The van der Waals surface area contributed by atoms with E-state index in [0.29, 0.717) is 102 Å². The van der Waals surface area contributed by atoms with Crippen molar-refractivity contribution in [3.63, 3.8) is 0 Å². The molecule has 1 unspecified atom stereocenters. The van der Waals surface area contributed by atoms with E-state index in [1.807, 2.05) is 74.5 Å². The minimum absolute atomic E-state index is 0.0615. The molecule has 11 N–H and O–H groups in total. The lowest BCUT2D eigenvalue weighted by molar-refractivity contribution is -0.144. The summed E-state index contributed by atoms with van der Waals surface area (Å²) in [5, 5.41) is 39.9. The van der Waals surface area contributed by atoms with Crippen LogP contribution in [0.3, 0.4) is 0 Å². The van der Waals surface area contributed by atoms with Gasteiger partial charge in [0.15, 0.2) is 0 Å². The van der Waals surface area contributed by atoms with Crippen LogP contribution in [0.2, 0.25) is 0 Å². The van der Waals surface area contributed by atoms with Gasteiger partial charge >= 0.3 is 0 Å². The number of anilines is 2. The van der Waals surface area contributed by atoms with E-state index >= 15 is 0 Å². The molecule has 0 aliphatic carbocycles. The molecule has 4 aromatic rings. The van der Waals surface area contributed by atoms with Crippen LogP contribution in [0.4, 0.5) is 11.4 Å². The Bertz CT molecular complexity index is 3080. The van der Waals surface area contributed by atoms with Gasteiger partial charge in [0.25, 0.3) is 10.9 Å². The number of unbranched alkanes of at least 4 members (excludes halogenated alkanes) is 1. The summed E-state index contributed by atoms with van der Waals surface area (Å²) in [6.07, 6.45) is 6.91. The molecule has 480 valence electrons. The number of nitrogens with one attached hydrogen (secondary N) is 10. The largest absolute Gasteiger partial charge is 0.396 e. The number of aliphatic hydroxyl groups excluding tert-OH is 1. The average molecular weight is 1230 g/mol. The third-order valence-electron chi connectivity index (χ3n) is 18.4. The van der Waals surface area contributed by atoms with E-state index in [4.69, 9.17) is 0 Å². The average Bonchev–Trinajstić information content (AvgIpc) is 1.86. The predicted octanol–water partition coefficient (Wildman–Crippen LogP) is 2.55. The maximum absolute atomic E-state index is 14.8. The molecule has 89 heavy (non-hydrogen) atoms. The summed E-state index contributed by atoms with van der Waals surface area (Å²) in [6, 6.07) is 21.4. The highest BCUT2D eigenvalue weighted by Crippen LogP contribution is 2.37. The number of benzene rings is 3. The standard InChI is InChI=1S/C66H90N12O11/c1-5-47(67-3)60(83)75-54-43(34-38-79)26-28-45-30-33-50(77(45)65(54)88)63(86)74-53(42-23-14-9-15-24-42)64(87)71-36-17-16-35-69-56-57(59(82)58(56)81)70-37-18-25-51(80)72-39-44-27-29-46-31-32-49(78(46)66(89)55(44)76-61(84)48(6-2)68-4)62(85)73-52(40-19-10-7-11-20-40)41-21-12-8-13-22-41/h7-15,19-24,43-50,52-55,67-70,79H,5-6,16-18,25-39H2,1-4H3,(H,71,87)(H,72,80)(H,73,85)(H,74,86)(H,75,83)(H,76,84)/t43-,44-,45+,46+,47+,48+,49+,50+,53+,54+,55?/m1/s1. The third kappa shape index (κ3) is 16.4. The van der Waals surface area contributed by atoms with Gasteiger partial charge < -0.3 is 68.1 Å². The van der Waals surface area contributed by atoms with Crippen LogP contribution in [0.5, 0.6) is 0 Å². The van der Waals surface area contributed by atoms with E-state index in [0.717, 1.165) is 11.1 Å². The van der Waals surface area contributed by atoms with Crippen molar-refractivity contribution in [2.75, 3.05) is 57.5 Å². The normalized spacial score (nSPS) is 22.6. The maximum atomic E-state index is 14.8. The summed E-state index contributed by atoms with van der Waals surface area (Å²) in [4.78, 5) is 141. The maximum Gasteiger partial charge on any atom is 0.253 e. The van der Waals surface area contributed by atoms with Crippen molar-refractivity contribution < 1.29 is 43.5 Å². The van der Waals surface area contributed by atoms with E-state index < -0.39 is 76.9 Å². The number of carbonyl (C=O) groups is 8. The molecular formula is C66H90N12O11. The van der Waals surface area contributed by atoms with Crippen molar-refractivity contribution in [3.8, 4) is 0 Å². The SMILES string of the molecule is CC[C@H](NC)C(=O)NC1C(=O)N2[C@@H](CC[C@@H]1CNC(=O)CCCNc1c(NCCCCNC(=O)[C@@H](NC(=O)[C@@H]3CC[C@@H]4CC[C@H](CCO)[C@H](NC(=O)[C@H](CC)NC)C(=O)N43)c3ccccc3)c(=O)c1=O)CC[C@H]2C(=O)NC(c1ccccc1)c1ccccc1. The van der Waals surface area contributed by atoms with Crippen molar-refractivity contribution in [1.29, 1.82) is 0 Å². The predicted molar refractivity (Wildman–Crippen MR) is 338 cm³/mol. The Morgan fingerprint density at radius 3 is 1.47 bits per heavy atom. The minimum atomic E-state index is -1.09. The van der Waals surface area contributed by atoms with E-state index in [1.54, 1.807) is 54.2 Å². The Kier molecular flexibility index (Phi) is 24.4. The Morgan fingerprint density at radius 2 is 0.978 bits per heavy atom. The first-order valence-electron chi connectivity index (χ1n) is 31.9. The zero-order valence-corrected chi connectivity index (χ0v) is 51.7. The molecule has 4 fully saturated rings. The molecule has 23 heteroatoms. The smallest absolute Gasteiger partial charge is 0.253 e. The number of nitrogens with zero attached hydrogens (tertiary/aromatic N) is 2. The highest BCUT2D eigenvalue weighted by atomic mass is 16.3. The van der Waals surface area contributed by atoms with Crippen LogP contribution < -0.4 is 64.0 Å². The van der Waals surface area contributed by atoms with E-state index in [-0.39, 0.29) is 97.5 Å². The molecule has 4 aromatic carbocycles. The van der Waals surface area contributed by atoms with Crippen LogP contribution in [0.15, 0.2) is 101 Å². The molecule has 11 atom stereocenters. The van der Waals surface area contributed by atoms with Crippen molar-refractivity contribution in [2.24, 2.45) is 11.8 Å². The second-order valence-corrected chi connectivity index (χ2v) is 23.9. The number of likely N-dealkylation sites (N-methyl/N-ethyl adjacent to an activating group) is 2. The molecule has 4 saturated heterocycles. The van der Waals surface area contributed by atoms with Crippen LogP contribution in [-0.4, -0.2) is 157 Å². The van der Waals surface area contributed by atoms with Crippen LogP contribution in [0.1, 0.15) is 139 Å². The lowest BCUT2D eigenvalue weighted by Gasteiger charge is -2.33. The van der Waals surface area contributed by atoms with Gasteiger partial charge in [-0.2, -0.15) is 0 Å². The van der Waals surface area contributed by atoms with Gasteiger partial charge in [0, 0.05) is 57.2 Å². The highest BCUT2D eigenvalue weighted by molar-refractivity contribution is 5.97. The molecule has 23 nitrogen and oxygen atoms in total. The molecule has 8 rings (SSSR count). The van der Waals surface area contributed by atoms with Gasteiger partial charge in [0.1, 0.15) is 41.6 Å². The quantitative estimate of drug-likeness (QED) is 0.0255. The highest BCUT2D eigenvalue weighted by Gasteiger charge is 2.50. The molecule has 0 bridgehead atoms. The number of hydrogen-bond donors (Lipinski definition) is 11. The first kappa shape index (κ1) is 66.9. The Labute approximate surface area is 520 Å². The summed E-state index contributed by atoms with van der Waals surface area (Å²) in [6.45, 7) is 4.38. The van der Waals surface area contributed by atoms with Gasteiger partial charge in [-0.15, -0.1) is 0 Å². The zero-order chi connectivity index (χ0) is 63.6. The molecule has 8 amide bonds. The number of hydrogen-bond acceptors (Lipinski definition) is 15. The van der Waals surface area contributed by atoms with Crippen LogP contribution in [0.25, 0.3) is 0 Å². The monoisotopic (exact) mass is 1230 g/mol. The molecule has 0 spiro atoms. The summed E-state index contributed by atoms with van der Waals surface area (Å²) in [7, 11) is 3.35. The minimum Gasteiger partial charge on any atom is -0.396 e. The summed E-state index contributed by atoms with van der Waals surface area (Å²) >= 11 is 0. The number of rotatable bonds is 31. The van der Waals surface area contributed by atoms with Gasteiger partial charge in [-0.05, 0) is 127 Å². The molecule has 4 aliphatic heterocycles. The first-order chi connectivity index (χ1) is 43.1. The van der Waals surface area contributed by atoms with Crippen LogP contribution in [-0.2, 0) is 38.4 Å². The van der Waals surface area contributed by atoms with Crippen LogP contribution in [0, 0.1) is 11.8 Å². The van der Waals surface area contributed by atoms with E-state index in [2.05, 4.69) is 53.2 Å². The molecule has 0 saturated carbocycles. The topological polar surface area (TPSA) is 318 Å². The second kappa shape index (κ2) is 32.5. The molecule has 0 aromatic heterocycles. The number of amides is 8. The Hall–Kier alpha value is -8.02.